The fraction of sp³-hybridized carbons (Fsp3) is 0. The van der Waals surface area contributed by atoms with Gasteiger partial charge in [-0.05, 0) is 0 Å². The first-order valence-corrected chi connectivity index (χ1v) is 3.33. The van der Waals surface area contributed by atoms with Crippen LogP contribution in [0.1, 0.15) is 0 Å². The van der Waals surface area contributed by atoms with Crippen molar-refractivity contribution in [1.29, 1.82) is 0 Å². The Kier molecular flexibility index (Phi) is 11.7. The van der Waals surface area contributed by atoms with Crippen LogP contribution in [0.3, 0.4) is 0 Å². The molecule has 1 radical (unpaired) electrons. The topological polar surface area (TPSA) is 0 Å². The molecule has 0 aliphatic rings. The van der Waals surface area contributed by atoms with Crippen molar-refractivity contribution in [3.63, 3.8) is 0 Å². The third-order valence-corrected chi connectivity index (χ3v) is 1.11. The number of hydrogen-bond acceptors (Lipinski definition) is 0. The molecule has 0 saturated carbocycles. The van der Waals surface area contributed by atoms with Crippen molar-refractivity contribution in [2.75, 3.05) is 0 Å². The summed E-state index contributed by atoms with van der Waals surface area (Å²) in [6.07, 6.45) is 0. The van der Waals surface area contributed by atoms with E-state index in [1.54, 1.807) is 0 Å². The molecule has 0 nitrogen and oxygen atoms in total. The van der Waals surface area contributed by atoms with Gasteiger partial charge in [0, 0.05) is 0 Å². The van der Waals surface area contributed by atoms with E-state index < -0.39 is 0 Å². The largest absolute Gasteiger partial charge is 3.00 e. The second kappa shape index (κ2) is 10.2. The molecule has 2 aromatic rings. The molecule has 2 rings (SSSR count). The van der Waals surface area contributed by atoms with Crippen LogP contribution in [0.2, 0.25) is 0 Å². The van der Waals surface area contributed by atoms with Crippen LogP contribution in [0.5, 0.6) is 0 Å². The summed E-state index contributed by atoms with van der Waals surface area (Å²) in [5.41, 5.74) is 0. The van der Waals surface area contributed by atoms with Crippen LogP contribution < -0.4 is 0 Å². The summed E-state index contributed by atoms with van der Waals surface area (Å²) in [7, 11) is 0. The Morgan fingerprint density at radius 1 is 0.583 bits per heavy atom. The molecule has 12 heavy (non-hydrogen) atoms. The van der Waals surface area contributed by atoms with Gasteiger partial charge in [0.1, 0.15) is 0 Å². The predicted molar refractivity (Wildman–Crippen MR) is 50.5 cm³/mol. The van der Waals surface area contributed by atoms with E-state index in [-0.39, 0.29) is 23.9 Å². The molecule has 0 aliphatic heterocycles. The third-order valence-electron chi connectivity index (χ3n) is 1.11. The van der Waals surface area contributed by atoms with Gasteiger partial charge in [-0.1, -0.05) is 0 Å². The van der Waals surface area contributed by atoms with Gasteiger partial charge >= 0.3 is 16.5 Å². The summed E-state index contributed by atoms with van der Waals surface area (Å²) in [6, 6.07) is 20.0. The van der Waals surface area contributed by atoms with Crippen molar-refractivity contribution in [2.24, 2.45) is 0 Å². The first-order valence-electron chi connectivity index (χ1n) is 3.33. The van der Waals surface area contributed by atoms with E-state index in [1.807, 2.05) is 60.7 Å². The zero-order valence-corrected chi connectivity index (χ0v) is 8.08. The van der Waals surface area contributed by atoms with Crippen LogP contribution in [0.25, 0.3) is 0 Å². The van der Waals surface area contributed by atoms with Crippen molar-refractivity contribution in [1.82, 2.24) is 0 Å². The summed E-state index contributed by atoms with van der Waals surface area (Å²) < 4.78 is 0. The Morgan fingerprint density at radius 2 is 0.833 bits per heavy atom. The quantitative estimate of drug-likeness (QED) is 0.456. The van der Waals surface area contributed by atoms with Gasteiger partial charge in [0.25, 0.3) is 0 Å². The SMILES string of the molecule is [CH3-].[Ni+3].c1cc[cH-]c1.c1cc[cH-]c1. The molecule has 2 aromatic carbocycles. The van der Waals surface area contributed by atoms with Gasteiger partial charge in [-0.2, -0.15) is 36.4 Å². The molecule has 0 amide bonds. The van der Waals surface area contributed by atoms with Crippen LogP contribution in [-0.4, -0.2) is 0 Å². The van der Waals surface area contributed by atoms with Crippen molar-refractivity contribution >= 4 is 0 Å². The monoisotopic (exact) mass is 203 g/mol. The van der Waals surface area contributed by atoms with Crippen LogP contribution >= 0.6 is 0 Å². The molecule has 67 valence electrons. The molecule has 0 N–H and O–H groups in total. The molecule has 0 unspecified atom stereocenters. The molecule has 0 saturated heterocycles. The molecule has 0 bridgehead atoms. The molecular formula is C11H13Ni. The first kappa shape index (κ1) is 13.8. The van der Waals surface area contributed by atoms with Gasteiger partial charge < -0.3 is 7.43 Å². The summed E-state index contributed by atoms with van der Waals surface area (Å²) in [5, 5.41) is 0. The van der Waals surface area contributed by atoms with Gasteiger partial charge in [-0.3, -0.25) is 0 Å². The van der Waals surface area contributed by atoms with Gasteiger partial charge in [-0.25, -0.2) is 24.3 Å². The minimum atomic E-state index is 0. The summed E-state index contributed by atoms with van der Waals surface area (Å²) in [5.74, 6) is 0. The van der Waals surface area contributed by atoms with Gasteiger partial charge in [0.15, 0.2) is 0 Å². The molecule has 0 aliphatic carbocycles. The predicted octanol–water partition coefficient (Wildman–Crippen LogP) is 3.26. The average molecular weight is 204 g/mol. The van der Waals surface area contributed by atoms with Gasteiger partial charge in [0.2, 0.25) is 0 Å². The second-order valence-electron chi connectivity index (χ2n) is 1.92. The van der Waals surface area contributed by atoms with Crippen LogP contribution in [0, 0.1) is 7.43 Å². The van der Waals surface area contributed by atoms with Gasteiger partial charge in [-0.15, -0.1) is 0 Å². The second-order valence-corrected chi connectivity index (χ2v) is 1.92. The zero-order chi connectivity index (χ0) is 7.07. The van der Waals surface area contributed by atoms with Crippen molar-refractivity contribution in [2.45, 2.75) is 0 Å². The Morgan fingerprint density at radius 3 is 0.917 bits per heavy atom. The normalized spacial score (nSPS) is 6.67. The number of rotatable bonds is 0. The third kappa shape index (κ3) is 7.30. The van der Waals surface area contributed by atoms with Gasteiger partial charge in [0.05, 0.1) is 0 Å². The molecule has 0 aromatic heterocycles. The van der Waals surface area contributed by atoms with Crippen molar-refractivity contribution in [3.05, 3.63) is 68.1 Å². The van der Waals surface area contributed by atoms with E-state index in [9.17, 15) is 0 Å². The molecule has 0 spiro atoms. The Hall–Kier alpha value is -0.806. The number of hydrogen-bond donors (Lipinski definition) is 0. The maximum absolute atomic E-state index is 2.00. The molecule has 0 atom stereocenters. The van der Waals surface area contributed by atoms with Crippen LogP contribution in [-0.2, 0) is 16.5 Å². The van der Waals surface area contributed by atoms with Crippen molar-refractivity contribution in [3.8, 4) is 0 Å². The molecule has 1 heteroatoms. The fourth-order valence-electron chi connectivity index (χ4n) is 0.642. The standard InChI is InChI=1S/2C5H5.CH3.Ni/c2*1-2-4-5-3-1;;/h2*1-5H;1H3;/q3*-1;+3. The smallest absolute Gasteiger partial charge is 0.358 e. The van der Waals surface area contributed by atoms with E-state index in [2.05, 4.69) is 0 Å². The molecular weight excluding hydrogens is 191 g/mol. The Labute approximate surface area is 84.9 Å². The summed E-state index contributed by atoms with van der Waals surface area (Å²) in [4.78, 5) is 0. The van der Waals surface area contributed by atoms with Crippen LogP contribution in [0.4, 0.5) is 0 Å². The Balaban J connectivity index is 0. The maximum atomic E-state index is 2.00. The van der Waals surface area contributed by atoms with Crippen LogP contribution in [0.15, 0.2) is 60.7 Å². The molecule has 0 heterocycles. The zero-order valence-electron chi connectivity index (χ0n) is 7.09. The fourth-order valence-corrected chi connectivity index (χ4v) is 0.642. The van der Waals surface area contributed by atoms with E-state index in [0.29, 0.717) is 0 Å². The summed E-state index contributed by atoms with van der Waals surface area (Å²) in [6.45, 7) is 0. The minimum absolute atomic E-state index is 0. The van der Waals surface area contributed by atoms with E-state index in [0.717, 1.165) is 0 Å². The first-order chi connectivity index (χ1) is 5.00. The molecule has 0 fully saturated rings. The average Bonchev–Trinajstić information content (AvgIpc) is 2.67. The minimum Gasteiger partial charge on any atom is -0.358 e. The summed E-state index contributed by atoms with van der Waals surface area (Å²) >= 11 is 0. The maximum Gasteiger partial charge on any atom is 3.00 e. The van der Waals surface area contributed by atoms with E-state index >= 15 is 0 Å². The Bertz CT molecular complexity index is 144. The van der Waals surface area contributed by atoms with E-state index in [4.69, 9.17) is 0 Å². The van der Waals surface area contributed by atoms with Crippen molar-refractivity contribution < 1.29 is 16.5 Å². The van der Waals surface area contributed by atoms with E-state index in [1.165, 1.54) is 0 Å².